The van der Waals surface area contributed by atoms with Crippen molar-refractivity contribution in [3.8, 4) is 0 Å². The summed E-state index contributed by atoms with van der Waals surface area (Å²) in [6.07, 6.45) is 3.02. The van der Waals surface area contributed by atoms with E-state index in [1.54, 1.807) is 6.33 Å². The Bertz CT molecular complexity index is 1150. The van der Waals surface area contributed by atoms with Gasteiger partial charge in [0, 0.05) is 25.6 Å². The zero-order valence-corrected chi connectivity index (χ0v) is 19.4. The van der Waals surface area contributed by atoms with Crippen LogP contribution in [0, 0.1) is 12.8 Å². The molecule has 176 valence electrons. The molecule has 1 atom stereocenters. The first-order chi connectivity index (χ1) is 16.6. The Hall–Kier alpha value is -3.45. The van der Waals surface area contributed by atoms with Gasteiger partial charge in [-0.1, -0.05) is 60.2 Å². The zero-order chi connectivity index (χ0) is 23.5. The summed E-state index contributed by atoms with van der Waals surface area (Å²) in [7, 11) is 0. The van der Waals surface area contributed by atoms with Crippen LogP contribution in [0.4, 0.5) is 0 Å². The molecule has 0 radical (unpaired) electrons. The Morgan fingerprint density at radius 3 is 2.53 bits per heavy atom. The highest BCUT2D eigenvalue weighted by molar-refractivity contribution is 5.93. The van der Waals surface area contributed by atoms with Gasteiger partial charge in [-0.2, -0.15) is 0 Å². The van der Waals surface area contributed by atoms with E-state index in [1.165, 1.54) is 5.56 Å². The number of hydrogen-bond acceptors (Lipinski definition) is 4. The van der Waals surface area contributed by atoms with Crippen LogP contribution < -0.4 is 5.32 Å². The second kappa shape index (κ2) is 9.81. The molecule has 1 aromatic heterocycles. The van der Waals surface area contributed by atoms with Gasteiger partial charge in [0.25, 0.3) is 5.91 Å². The number of aromatic nitrogens is 2. The molecule has 2 aromatic carbocycles. The first kappa shape index (κ1) is 22.3. The van der Waals surface area contributed by atoms with E-state index in [0.29, 0.717) is 51.3 Å². The number of carbonyl (C=O) groups excluding carboxylic acids is 2. The van der Waals surface area contributed by atoms with Gasteiger partial charge < -0.3 is 19.5 Å². The summed E-state index contributed by atoms with van der Waals surface area (Å²) < 4.78 is 8.13. The molecule has 7 heteroatoms. The molecule has 2 amide bonds. The fourth-order valence-corrected chi connectivity index (χ4v) is 4.71. The average molecular weight is 459 g/mol. The highest BCUT2D eigenvalue weighted by Crippen LogP contribution is 2.29. The van der Waals surface area contributed by atoms with E-state index in [9.17, 15) is 9.59 Å². The number of hydrogen-bond donors (Lipinski definition) is 1. The molecule has 0 bridgehead atoms. The number of amides is 2. The molecule has 0 spiro atoms. The van der Waals surface area contributed by atoms with Crippen LogP contribution in [-0.2, 0) is 29.2 Å². The third kappa shape index (κ3) is 4.75. The summed E-state index contributed by atoms with van der Waals surface area (Å²) in [6, 6.07) is 18.2. The standard InChI is InChI=1S/C27H30N4O3/c1-19-7-9-21(10-8-19)24-16-31-18-29-25(23(31)17-34-24)27(33)30-13-11-22(12-14-30)26(32)28-15-20-5-3-2-4-6-20/h2-10,18,22,24H,11-17H2,1H3,(H,28,32)/t24-/m0/s1. The lowest BCUT2D eigenvalue weighted by Crippen LogP contribution is -2.43. The van der Waals surface area contributed by atoms with Gasteiger partial charge in [-0.05, 0) is 30.9 Å². The van der Waals surface area contributed by atoms with Gasteiger partial charge in [-0.3, -0.25) is 9.59 Å². The van der Waals surface area contributed by atoms with Crippen molar-refractivity contribution in [3.05, 3.63) is 89.0 Å². The van der Waals surface area contributed by atoms with Gasteiger partial charge in [0.15, 0.2) is 5.69 Å². The number of likely N-dealkylation sites (tertiary alicyclic amines) is 1. The molecule has 7 nitrogen and oxygen atoms in total. The van der Waals surface area contributed by atoms with Gasteiger partial charge in [0.1, 0.15) is 6.10 Å². The monoisotopic (exact) mass is 458 g/mol. The maximum absolute atomic E-state index is 13.2. The second-order valence-electron chi connectivity index (χ2n) is 9.17. The SMILES string of the molecule is Cc1ccc([C@@H]2Cn3cnc(C(=O)N4CCC(C(=O)NCc5ccccc5)CC4)c3CO2)cc1. The molecule has 3 aromatic rings. The van der Waals surface area contributed by atoms with Gasteiger partial charge in [-0.15, -0.1) is 0 Å². The van der Waals surface area contributed by atoms with E-state index in [0.717, 1.165) is 16.8 Å². The Kier molecular flexibility index (Phi) is 6.45. The highest BCUT2D eigenvalue weighted by atomic mass is 16.5. The summed E-state index contributed by atoms with van der Waals surface area (Å²) in [5, 5.41) is 3.03. The van der Waals surface area contributed by atoms with Gasteiger partial charge in [0.05, 0.1) is 25.2 Å². The maximum Gasteiger partial charge on any atom is 0.274 e. The number of nitrogens with one attached hydrogen (secondary N) is 1. The zero-order valence-electron chi connectivity index (χ0n) is 19.4. The molecule has 2 aliphatic rings. The molecule has 3 heterocycles. The van der Waals surface area contributed by atoms with Crippen LogP contribution >= 0.6 is 0 Å². The lowest BCUT2D eigenvalue weighted by atomic mass is 9.95. The van der Waals surface area contributed by atoms with Crippen LogP contribution in [-0.4, -0.2) is 39.4 Å². The minimum absolute atomic E-state index is 0.0459. The number of ether oxygens (including phenoxy) is 1. The number of fused-ring (bicyclic) bond motifs is 1. The molecule has 1 N–H and O–H groups in total. The van der Waals surface area contributed by atoms with Crippen LogP contribution in [0.2, 0.25) is 0 Å². The molecule has 34 heavy (non-hydrogen) atoms. The van der Waals surface area contributed by atoms with Crippen molar-refractivity contribution in [1.29, 1.82) is 0 Å². The Balaban J connectivity index is 1.16. The molecule has 0 aliphatic carbocycles. The second-order valence-corrected chi connectivity index (χ2v) is 9.17. The summed E-state index contributed by atoms with van der Waals surface area (Å²) >= 11 is 0. The molecular formula is C27H30N4O3. The van der Waals surface area contributed by atoms with E-state index < -0.39 is 0 Å². The van der Waals surface area contributed by atoms with E-state index in [-0.39, 0.29) is 23.8 Å². The predicted octanol–water partition coefficient (Wildman–Crippen LogP) is 3.63. The Labute approximate surface area is 199 Å². The number of benzene rings is 2. The molecule has 1 fully saturated rings. The third-order valence-electron chi connectivity index (χ3n) is 6.84. The first-order valence-electron chi connectivity index (χ1n) is 11.9. The van der Waals surface area contributed by atoms with Gasteiger partial charge in [0.2, 0.25) is 5.91 Å². The summed E-state index contributed by atoms with van der Waals surface area (Å²) in [5.41, 5.74) is 4.73. The van der Waals surface area contributed by atoms with Crippen LogP contribution in [0.1, 0.15) is 51.8 Å². The van der Waals surface area contributed by atoms with Crippen LogP contribution in [0.5, 0.6) is 0 Å². The molecule has 5 rings (SSSR count). The highest BCUT2D eigenvalue weighted by Gasteiger charge is 2.32. The summed E-state index contributed by atoms with van der Waals surface area (Å²) in [4.78, 5) is 32.1. The van der Waals surface area contributed by atoms with Crippen molar-refractivity contribution < 1.29 is 14.3 Å². The van der Waals surface area contributed by atoms with E-state index >= 15 is 0 Å². The van der Waals surface area contributed by atoms with Crippen molar-refractivity contribution in [3.63, 3.8) is 0 Å². The fourth-order valence-electron chi connectivity index (χ4n) is 4.71. The summed E-state index contributed by atoms with van der Waals surface area (Å²) in [6.45, 7) is 4.71. The van der Waals surface area contributed by atoms with E-state index in [2.05, 4.69) is 41.5 Å². The predicted molar refractivity (Wildman–Crippen MR) is 128 cm³/mol. The fraction of sp³-hybridized carbons (Fsp3) is 0.370. The van der Waals surface area contributed by atoms with Crippen LogP contribution in [0.15, 0.2) is 60.9 Å². The van der Waals surface area contributed by atoms with Crippen LogP contribution in [0.3, 0.4) is 0 Å². The van der Waals surface area contributed by atoms with E-state index in [4.69, 9.17) is 4.74 Å². The van der Waals surface area contributed by atoms with Crippen molar-refractivity contribution >= 4 is 11.8 Å². The van der Waals surface area contributed by atoms with Crippen molar-refractivity contribution in [2.75, 3.05) is 13.1 Å². The average Bonchev–Trinajstić information content (AvgIpc) is 3.31. The van der Waals surface area contributed by atoms with Crippen molar-refractivity contribution in [1.82, 2.24) is 19.8 Å². The molecule has 2 aliphatic heterocycles. The number of piperidine rings is 1. The number of imidazole rings is 1. The van der Waals surface area contributed by atoms with Crippen LogP contribution in [0.25, 0.3) is 0 Å². The minimum Gasteiger partial charge on any atom is -0.365 e. The topological polar surface area (TPSA) is 76.5 Å². The van der Waals surface area contributed by atoms with Crippen molar-refractivity contribution in [2.24, 2.45) is 5.92 Å². The number of carbonyl (C=O) groups is 2. The lowest BCUT2D eigenvalue weighted by molar-refractivity contribution is -0.126. The largest absolute Gasteiger partial charge is 0.365 e. The van der Waals surface area contributed by atoms with E-state index in [1.807, 2.05) is 39.8 Å². The molecule has 1 saturated heterocycles. The third-order valence-corrected chi connectivity index (χ3v) is 6.84. The van der Waals surface area contributed by atoms with Crippen molar-refractivity contribution in [2.45, 2.75) is 45.6 Å². The molecule has 0 saturated carbocycles. The Morgan fingerprint density at radius 2 is 1.79 bits per heavy atom. The molecular weight excluding hydrogens is 428 g/mol. The normalized spacial score (nSPS) is 18.4. The quantitative estimate of drug-likeness (QED) is 0.634. The number of aryl methyl sites for hydroxylation is 1. The lowest BCUT2D eigenvalue weighted by Gasteiger charge is -2.31. The van der Waals surface area contributed by atoms with Gasteiger partial charge in [-0.25, -0.2) is 4.98 Å². The smallest absolute Gasteiger partial charge is 0.274 e. The minimum atomic E-state index is -0.0747. The van der Waals surface area contributed by atoms with Gasteiger partial charge >= 0.3 is 0 Å². The number of rotatable bonds is 5. The first-order valence-corrected chi connectivity index (χ1v) is 11.9. The Morgan fingerprint density at radius 1 is 1.06 bits per heavy atom. The number of nitrogens with zero attached hydrogens (tertiary/aromatic N) is 3. The molecule has 0 unspecified atom stereocenters. The maximum atomic E-state index is 13.2. The summed E-state index contributed by atoms with van der Waals surface area (Å²) in [5.74, 6) is -0.0811.